The predicted molar refractivity (Wildman–Crippen MR) is 95.5 cm³/mol. The Labute approximate surface area is 158 Å². The van der Waals surface area contributed by atoms with Gasteiger partial charge in [-0.05, 0) is 42.0 Å². The lowest BCUT2D eigenvalue weighted by atomic mass is 10.1. The van der Waals surface area contributed by atoms with Crippen molar-refractivity contribution in [1.29, 1.82) is 0 Å². The van der Waals surface area contributed by atoms with Crippen LogP contribution in [0.1, 0.15) is 11.7 Å². The lowest BCUT2D eigenvalue weighted by molar-refractivity contribution is -0.286. The van der Waals surface area contributed by atoms with Gasteiger partial charge in [-0.25, -0.2) is 4.39 Å². The SMILES string of the molecule is Fc1ccc(C2CN(C(=S)Nc3ccc4c(c3)OC(F)(F)O4)CCO2)cc1. The summed E-state index contributed by atoms with van der Waals surface area (Å²) in [6.07, 6.45) is -3.90. The zero-order valence-electron chi connectivity index (χ0n) is 14.0. The van der Waals surface area contributed by atoms with Crippen LogP contribution < -0.4 is 14.8 Å². The second-order valence-electron chi connectivity index (χ2n) is 6.12. The zero-order valence-corrected chi connectivity index (χ0v) is 14.8. The van der Waals surface area contributed by atoms with E-state index in [0.717, 1.165) is 5.56 Å². The van der Waals surface area contributed by atoms with E-state index < -0.39 is 6.29 Å². The van der Waals surface area contributed by atoms with Crippen molar-refractivity contribution in [3.8, 4) is 11.5 Å². The highest BCUT2D eigenvalue weighted by Gasteiger charge is 2.43. The van der Waals surface area contributed by atoms with Gasteiger partial charge in [-0.15, -0.1) is 8.78 Å². The van der Waals surface area contributed by atoms with E-state index in [1.165, 1.54) is 24.3 Å². The topological polar surface area (TPSA) is 43.0 Å². The molecule has 1 atom stereocenters. The first-order valence-corrected chi connectivity index (χ1v) is 8.63. The molecule has 0 spiro atoms. The van der Waals surface area contributed by atoms with Crippen LogP contribution in [0.25, 0.3) is 0 Å². The molecule has 2 aliphatic heterocycles. The summed E-state index contributed by atoms with van der Waals surface area (Å²) in [6, 6.07) is 10.5. The minimum Gasteiger partial charge on any atom is -0.395 e. The van der Waals surface area contributed by atoms with Crippen molar-refractivity contribution in [3.05, 3.63) is 53.8 Å². The number of ether oxygens (including phenoxy) is 3. The van der Waals surface area contributed by atoms with Gasteiger partial charge >= 0.3 is 6.29 Å². The van der Waals surface area contributed by atoms with E-state index in [9.17, 15) is 13.2 Å². The Hall–Kier alpha value is -2.52. The Bertz CT molecular complexity index is 863. The highest BCUT2D eigenvalue weighted by atomic mass is 32.1. The van der Waals surface area contributed by atoms with E-state index in [2.05, 4.69) is 14.8 Å². The van der Waals surface area contributed by atoms with E-state index in [1.54, 1.807) is 18.2 Å². The van der Waals surface area contributed by atoms with Crippen LogP contribution in [0.15, 0.2) is 42.5 Å². The van der Waals surface area contributed by atoms with Crippen LogP contribution in [0.4, 0.5) is 18.9 Å². The van der Waals surface area contributed by atoms with Crippen LogP contribution in [-0.2, 0) is 4.74 Å². The Balaban J connectivity index is 1.42. The van der Waals surface area contributed by atoms with Crippen molar-refractivity contribution in [2.75, 3.05) is 25.0 Å². The molecule has 0 saturated carbocycles. The van der Waals surface area contributed by atoms with E-state index in [-0.39, 0.29) is 23.4 Å². The number of nitrogens with one attached hydrogen (secondary N) is 1. The van der Waals surface area contributed by atoms with Gasteiger partial charge < -0.3 is 24.4 Å². The summed E-state index contributed by atoms with van der Waals surface area (Å²) < 4.78 is 53.9. The third-order valence-corrected chi connectivity index (χ3v) is 4.61. The normalized spacial score (nSPS) is 20.4. The highest BCUT2D eigenvalue weighted by molar-refractivity contribution is 7.80. The molecular formula is C18H15F3N2O3S. The van der Waals surface area contributed by atoms with E-state index in [4.69, 9.17) is 17.0 Å². The van der Waals surface area contributed by atoms with Gasteiger partial charge in [0.2, 0.25) is 0 Å². The molecule has 27 heavy (non-hydrogen) atoms. The fourth-order valence-corrected chi connectivity index (χ4v) is 3.23. The summed E-state index contributed by atoms with van der Waals surface area (Å²) in [5, 5.41) is 3.44. The molecule has 0 bridgehead atoms. The van der Waals surface area contributed by atoms with Gasteiger partial charge in [0.05, 0.1) is 13.2 Å². The van der Waals surface area contributed by atoms with Crippen LogP contribution in [-0.4, -0.2) is 36.0 Å². The molecule has 1 saturated heterocycles. The number of rotatable bonds is 2. The monoisotopic (exact) mass is 396 g/mol. The number of anilines is 1. The molecule has 0 aliphatic carbocycles. The van der Waals surface area contributed by atoms with E-state index in [0.29, 0.717) is 30.5 Å². The number of alkyl halides is 2. The van der Waals surface area contributed by atoms with Crippen LogP contribution in [0.2, 0.25) is 0 Å². The predicted octanol–water partition coefficient (Wildman–Crippen LogP) is 3.92. The molecule has 5 nitrogen and oxygen atoms in total. The van der Waals surface area contributed by atoms with Crippen LogP contribution in [0.5, 0.6) is 11.5 Å². The molecule has 0 radical (unpaired) electrons. The fourth-order valence-electron chi connectivity index (χ4n) is 2.94. The molecule has 4 rings (SSSR count). The maximum Gasteiger partial charge on any atom is 0.586 e. The molecule has 142 valence electrons. The number of hydrogen-bond acceptors (Lipinski definition) is 4. The number of fused-ring (bicyclic) bond motifs is 1. The first-order valence-electron chi connectivity index (χ1n) is 8.22. The molecule has 1 unspecified atom stereocenters. The molecule has 1 N–H and O–H groups in total. The Morgan fingerprint density at radius 2 is 1.85 bits per heavy atom. The lowest BCUT2D eigenvalue weighted by Crippen LogP contribution is -2.44. The van der Waals surface area contributed by atoms with E-state index in [1.807, 2.05) is 4.90 Å². The van der Waals surface area contributed by atoms with Crippen LogP contribution in [0, 0.1) is 5.82 Å². The van der Waals surface area contributed by atoms with E-state index >= 15 is 0 Å². The molecule has 0 aromatic heterocycles. The minimum absolute atomic E-state index is 0.0285. The van der Waals surface area contributed by atoms with Crippen molar-refractivity contribution < 1.29 is 27.4 Å². The summed E-state index contributed by atoms with van der Waals surface area (Å²) in [5.41, 5.74) is 1.36. The molecule has 1 fully saturated rings. The summed E-state index contributed by atoms with van der Waals surface area (Å²) >= 11 is 5.43. The van der Waals surface area contributed by atoms with Crippen molar-refractivity contribution in [2.45, 2.75) is 12.4 Å². The van der Waals surface area contributed by atoms with Gasteiger partial charge in [0.25, 0.3) is 0 Å². The third kappa shape index (κ3) is 3.93. The first-order chi connectivity index (χ1) is 12.9. The Kier molecular flexibility index (Phi) is 4.56. The maximum absolute atomic E-state index is 13.1. The van der Waals surface area contributed by atoms with Crippen molar-refractivity contribution in [3.63, 3.8) is 0 Å². The van der Waals surface area contributed by atoms with Crippen molar-refractivity contribution in [2.24, 2.45) is 0 Å². The van der Waals surface area contributed by atoms with Gasteiger partial charge in [-0.3, -0.25) is 0 Å². The smallest absolute Gasteiger partial charge is 0.395 e. The maximum atomic E-state index is 13.1. The first kappa shape index (κ1) is 17.9. The molecule has 9 heteroatoms. The van der Waals surface area contributed by atoms with Crippen molar-refractivity contribution in [1.82, 2.24) is 4.90 Å². The summed E-state index contributed by atoms with van der Waals surface area (Å²) in [7, 11) is 0. The number of hydrogen-bond donors (Lipinski definition) is 1. The largest absolute Gasteiger partial charge is 0.586 e. The molecule has 2 heterocycles. The Morgan fingerprint density at radius 3 is 2.63 bits per heavy atom. The number of nitrogens with zero attached hydrogens (tertiary/aromatic N) is 1. The van der Waals surface area contributed by atoms with Crippen LogP contribution in [0.3, 0.4) is 0 Å². The summed E-state index contributed by atoms with van der Waals surface area (Å²) in [6.45, 7) is 1.52. The minimum atomic E-state index is -3.66. The van der Waals surface area contributed by atoms with Gasteiger partial charge in [0, 0.05) is 18.3 Å². The van der Waals surface area contributed by atoms with Crippen LogP contribution >= 0.6 is 12.2 Å². The van der Waals surface area contributed by atoms with Gasteiger partial charge in [-0.2, -0.15) is 0 Å². The molecular weight excluding hydrogens is 381 g/mol. The molecule has 2 aromatic carbocycles. The third-order valence-electron chi connectivity index (χ3n) is 4.25. The average Bonchev–Trinajstić information content (AvgIpc) is 2.95. The fraction of sp³-hybridized carbons (Fsp3) is 0.278. The Morgan fingerprint density at radius 1 is 1.11 bits per heavy atom. The number of halogens is 3. The quantitative estimate of drug-likeness (QED) is 0.777. The number of benzene rings is 2. The standard InChI is InChI=1S/C18H15F3N2O3S/c19-12-3-1-11(2-4-12)16-10-23(7-8-24-16)17(27)22-13-5-6-14-15(9-13)26-18(20,21)25-14/h1-6,9,16H,7-8,10H2,(H,22,27). The summed E-state index contributed by atoms with van der Waals surface area (Å²) in [5.74, 6) is -0.393. The van der Waals surface area contributed by atoms with Crippen molar-refractivity contribution >= 4 is 23.0 Å². The number of morpholine rings is 1. The molecule has 2 aliphatic rings. The second kappa shape index (κ2) is 6.90. The number of thiocarbonyl (C=S) groups is 1. The van der Waals surface area contributed by atoms with Gasteiger partial charge in [0.1, 0.15) is 11.9 Å². The molecule has 0 amide bonds. The second-order valence-corrected chi connectivity index (χ2v) is 6.50. The lowest BCUT2D eigenvalue weighted by Gasteiger charge is -2.35. The summed E-state index contributed by atoms with van der Waals surface area (Å²) in [4.78, 5) is 1.91. The van der Waals surface area contributed by atoms with Gasteiger partial charge in [0.15, 0.2) is 16.6 Å². The molecule has 2 aromatic rings. The average molecular weight is 396 g/mol. The zero-order chi connectivity index (χ0) is 19.0. The highest BCUT2D eigenvalue weighted by Crippen LogP contribution is 2.42. The van der Waals surface area contributed by atoms with Gasteiger partial charge in [-0.1, -0.05) is 12.1 Å².